The third-order valence-electron chi connectivity index (χ3n) is 0.762. The van der Waals surface area contributed by atoms with Crippen LogP contribution in [-0.2, 0) is 9.53 Å². The number of carbonyl (C=O) groups is 1. The van der Waals surface area contributed by atoms with Crippen LogP contribution in [0.4, 0.5) is 0 Å². The molecule has 0 spiro atoms. The van der Waals surface area contributed by atoms with E-state index < -0.39 is 5.97 Å². The lowest BCUT2D eigenvalue weighted by Gasteiger charge is -1.82. The molecule has 0 aromatic rings. The van der Waals surface area contributed by atoms with Gasteiger partial charge in [0.05, 0.1) is 13.0 Å². The van der Waals surface area contributed by atoms with E-state index in [0.717, 1.165) is 0 Å². The van der Waals surface area contributed by atoms with Gasteiger partial charge in [0.2, 0.25) is 0 Å². The molecule has 0 aliphatic rings. The van der Waals surface area contributed by atoms with E-state index in [9.17, 15) is 4.79 Å². The maximum absolute atomic E-state index is 9.92. The summed E-state index contributed by atoms with van der Waals surface area (Å²) in [5.41, 5.74) is 2.66. The molecule has 0 aliphatic heterocycles. The van der Waals surface area contributed by atoms with Gasteiger partial charge in [0.15, 0.2) is 0 Å². The molecule has 0 bridgehead atoms. The van der Waals surface area contributed by atoms with Crippen molar-refractivity contribution < 1.29 is 14.6 Å². The van der Waals surface area contributed by atoms with E-state index in [-0.39, 0.29) is 6.42 Å². The van der Waals surface area contributed by atoms with E-state index in [4.69, 9.17) is 5.11 Å². The van der Waals surface area contributed by atoms with E-state index in [2.05, 4.69) is 10.5 Å². The van der Waals surface area contributed by atoms with Crippen LogP contribution in [0.1, 0.15) is 6.42 Å². The molecule has 1 N–H and O–H groups in total. The van der Waals surface area contributed by atoms with Gasteiger partial charge < -0.3 is 9.84 Å². The van der Waals surface area contributed by atoms with Crippen LogP contribution in [0, 0.1) is 0 Å². The SMILES string of the molecule is COCC=C=CCC(=O)O. The predicted molar refractivity (Wildman–Crippen MR) is 36.8 cm³/mol. The number of hydrogen-bond acceptors (Lipinski definition) is 2. The van der Waals surface area contributed by atoms with E-state index in [1.165, 1.54) is 6.08 Å². The molecule has 10 heavy (non-hydrogen) atoms. The summed E-state index contributed by atoms with van der Waals surface area (Å²) in [6, 6.07) is 0. The first-order chi connectivity index (χ1) is 4.77. The van der Waals surface area contributed by atoms with Gasteiger partial charge in [-0.05, 0) is 12.2 Å². The zero-order valence-electron chi connectivity index (χ0n) is 5.83. The Kier molecular flexibility index (Phi) is 5.44. The maximum atomic E-state index is 9.92. The van der Waals surface area contributed by atoms with Gasteiger partial charge in [-0.3, -0.25) is 4.79 Å². The Labute approximate surface area is 59.6 Å². The lowest BCUT2D eigenvalue weighted by atomic mass is 10.4. The number of carboxylic acids is 1. The molecule has 0 aromatic carbocycles. The Morgan fingerprint density at radius 1 is 1.70 bits per heavy atom. The quantitative estimate of drug-likeness (QED) is 0.591. The lowest BCUT2D eigenvalue weighted by molar-refractivity contribution is -0.135. The summed E-state index contributed by atoms with van der Waals surface area (Å²) in [6.07, 6.45) is 3.09. The fourth-order valence-corrected chi connectivity index (χ4v) is 0.361. The van der Waals surface area contributed by atoms with Crippen LogP contribution in [0.5, 0.6) is 0 Å². The summed E-state index contributed by atoms with van der Waals surface area (Å²) in [4.78, 5) is 9.92. The molecule has 3 heteroatoms. The maximum Gasteiger partial charge on any atom is 0.307 e. The molecule has 0 aliphatic carbocycles. The van der Waals surface area contributed by atoms with Gasteiger partial charge in [-0.15, -0.1) is 5.73 Å². The molecule has 56 valence electrons. The highest BCUT2D eigenvalue weighted by Crippen LogP contribution is 1.79. The van der Waals surface area contributed by atoms with Gasteiger partial charge in [-0.25, -0.2) is 0 Å². The third-order valence-corrected chi connectivity index (χ3v) is 0.762. The van der Waals surface area contributed by atoms with Crippen molar-refractivity contribution in [2.45, 2.75) is 6.42 Å². The second-order valence-corrected chi connectivity index (χ2v) is 1.63. The average Bonchev–Trinajstić information content (AvgIpc) is 1.87. The van der Waals surface area contributed by atoms with Crippen LogP contribution in [0.3, 0.4) is 0 Å². The highest BCUT2D eigenvalue weighted by Gasteiger charge is 1.86. The first-order valence-corrected chi connectivity index (χ1v) is 2.87. The van der Waals surface area contributed by atoms with Crippen molar-refractivity contribution in [3.8, 4) is 0 Å². The van der Waals surface area contributed by atoms with E-state index in [1.807, 2.05) is 0 Å². The first-order valence-electron chi connectivity index (χ1n) is 2.87. The number of aliphatic carboxylic acids is 1. The molecule has 0 unspecified atom stereocenters. The number of ether oxygens (including phenoxy) is 1. The molecule has 0 aromatic heterocycles. The monoisotopic (exact) mass is 142 g/mol. The van der Waals surface area contributed by atoms with Crippen molar-refractivity contribution in [3.05, 3.63) is 17.9 Å². The smallest absolute Gasteiger partial charge is 0.307 e. The Bertz CT molecular complexity index is 154. The fourth-order valence-electron chi connectivity index (χ4n) is 0.361. The van der Waals surface area contributed by atoms with Gasteiger partial charge in [-0.1, -0.05) is 0 Å². The molecular formula is C7H10O3. The fraction of sp³-hybridized carbons (Fsp3) is 0.429. The van der Waals surface area contributed by atoms with Crippen LogP contribution >= 0.6 is 0 Å². The van der Waals surface area contributed by atoms with Crippen LogP contribution in [0.25, 0.3) is 0 Å². The topological polar surface area (TPSA) is 46.5 Å². The number of carboxylic acid groups (broad SMARTS) is 1. The molecule has 0 fully saturated rings. The first kappa shape index (κ1) is 8.95. The molecule has 0 amide bonds. The Morgan fingerprint density at radius 3 is 2.90 bits per heavy atom. The Balaban J connectivity index is 3.44. The van der Waals surface area contributed by atoms with Gasteiger partial charge in [0.25, 0.3) is 0 Å². The van der Waals surface area contributed by atoms with Crippen molar-refractivity contribution in [2.75, 3.05) is 13.7 Å². The van der Waals surface area contributed by atoms with Crippen LogP contribution in [-0.4, -0.2) is 24.8 Å². The molecule has 0 saturated heterocycles. The molecular weight excluding hydrogens is 132 g/mol. The van der Waals surface area contributed by atoms with E-state index in [1.54, 1.807) is 13.2 Å². The second kappa shape index (κ2) is 6.08. The summed E-state index contributed by atoms with van der Waals surface area (Å²) in [5, 5.41) is 8.15. The van der Waals surface area contributed by atoms with E-state index >= 15 is 0 Å². The molecule has 0 atom stereocenters. The van der Waals surface area contributed by atoms with Gasteiger partial charge in [0.1, 0.15) is 0 Å². The second-order valence-electron chi connectivity index (χ2n) is 1.63. The van der Waals surface area contributed by atoms with Crippen molar-refractivity contribution in [1.29, 1.82) is 0 Å². The molecule has 0 saturated carbocycles. The van der Waals surface area contributed by atoms with E-state index in [0.29, 0.717) is 6.61 Å². The Hall–Kier alpha value is -1.05. The molecule has 0 rings (SSSR count). The van der Waals surface area contributed by atoms with Crippen molar-refractivity contribution in [2.24, 2.45) is 0 Å². The predicted octanol–water partition coefficient (Wildman–Crippen LogP) is 0.819. The van der Waals surface area contributed by atoms with Crippen LogP contribution in [0.2, 0.25) is 0 Å². The minimum absolute atomic E-state index is 0.0141. The largest absolute Gasteiger partial charge is 0.481 e. The zero-order chi connectivity index (χ0) is 7.82. The minimum atomic E-state index is -0.849. The summed E-state index contributed by atoms with van der Waals surface area (Å²) in [5.74, 6) is -0.849. The summed E-state index contributed by atoms with van der Waals surface area (Å²) < 4.78 is 4.66. The van der Waals surface area contributed by atoms with Crippen molar-refractivity contribution in [3.63, 3.8) is 0 Å². The standard InChI is InChI=1S/C7H10O3/c1-10-6-4-2-3-5-7(8)9/h3-4H,5-6H2,1H3,(H,8,9). The molecule has 0 heterocycles. The van der Waals surface area contributed by atoms with Crippen LogP contribution < -0.4 is 0 Å². The Morgan fingerprint density at radius 2 is 2.40 bits per heavy atom. The average molecular weight is 142 g/mol. The number of hydrogen-bond donors (Lipinski definition) is 1. The summed E-state index contributed by atoms with van der Waals surface area (Å²) >= 11 is 0. The highest BCUT2D eigenvalue weighted by molar-refractivity contribution is 5.68. The molecule has 3 nitrogen and oxygen atoms in total. The third kappa shape index (κ3) is 6.95. The number of rotatable bonds is 4. The highest BCUT2D eigenvalue weighted by atomic mass is 16.5. The summed E-state index contributed by atoms with van der Waals surface area (Å²) in [6.45, 7) is 0.468. The zero-order valence-corrected chi connectivity index (χ0v) is 5.83. The van der Waals surface area contributed by atoms with Gasteiger partial charge in [0, 0.05) is 7.11 Å². The van der Waals surface area contributed by atoms with Crippen LogP contribution in [0.15, 0.2) is 17.9 Å². The van der Waals surface area contributed by atoms with Gasteiger partial charge in [-0.2, -0.15) is 0 Å². The lowest BCUT2D eigenvalue weighted by Crippen LogP contribution is -1.89. The number of methoxy groups -OCH3 is 1. The van der Waals surface area contributed by atoms with Gasteiger partial charge >= 0.3 is 5.97 Å². The minimum Gasteiger partial charge on any atom is -0.481 e. The normalized spacial score (nSPS) is 8.10. The van der Waals surface area contributed by atoms with Crippen molar-refractivity contribution >= 4 is 5.97 Å². The summed E-state index contributed by atoms with van der Waals surface area (Å²) in [7, 11) is 1.56. The molecule has 0 radical (unpaired) electrons. The van der Waals surface area contributed by atoms with Crippen molar-refractivity contribution in [1.82, 2.24) is 0 Å².